The van der Waals surface area contributed by atoms with Crippen LogP contribution in [0.2, 0.25) is 0 Å². The van der Waals surface area contributed by atoms with Crippen molar-refractivity contribution in [2.45, 2.75) is 57.7 Å². The van der Waals surface area contributed by atoms with Crippen molar-refractivity contribution in [1.82, 2.24) is 0 Å². The Morgan fingerprint density at radius 1 is 1.27 bits per heavy atom. The number of rotatable bonds is 1. The molecule has 0 amide bonds. The summed E-state index contributed by atoms with van der Waals surface area (Å²) in [5, 5.41) is 10.1. The highest BCUT2D eigenvalue weighted by molar-refractivity contribution is 5.66. The van der Waals surface area contributed by atoms with Gasteiger partial charge in [-0.3, -0.25) is 4.79 Å². The van der Waals surface area contributed by atoms with Crippen molar-refractivity contribution < 1.29 is 14.6 Å². The lowest BCUT2D eigenvalue weighted by Crippen LogP contribution is -2.43. The molecule has 0 radical (unpaired) electrons. The molecule has 2 saturated carbocycles. The Hall–Kier alpha value is -0.570. The van der Waals surface area contributed by atoms with E-state index in [2.05, 4.69) is 0 Å². The first-order valence-corrected chi connectivity index (χ1v) is 6.01. The normalized spacial score (nSPS) is 40.7. The minimum absolute atomic E-state index is 0.369. The van der Waals surface area contributed by atoms with E-state index in [1.165, 1.54) is 32.6 Å². The molecule has 0 saturated heterocycles. The molecule has 0 unspecified atom stereocenters. The SMILES string of the molecule is CC(=O)O[C@@]1(O)CC[C@H]2CCCC[C@@H]2C1. The number of carbonyl (C=O) groups excluding carboxylic acids is 1. The molecule has 3 atom stereocenters. The van der Waals surface area contributed by atoms with Crippen LogP contribution >= 0.6 is 0 Å². The zero-order valence-electron chi connectivity index (χ0n) is 9.37. The van der Waals surface area contributed by atoms with Crippen molar-refractivity contribution in [2.75, 3.05) is 0 Å². The van der Waals surface area contributed by atoms with Gasteiger partial charge in [-0.15, -0.1) is 0 Å². The number of esters is 1. The van der Waals surface area contributed by atoms with Crippen LogP contribution in [0.5, 0.6) is 0 Å². The maximum absolute atomic E-state index is 10.9. The first kappa shape index (κ1) is 10.9. The molecule has 0 aliphatic heterocycles. The summed E-state index contributed by atoms with van der Waals surface area (Å²) in [5.41, 5.74) is 0. The van der Waals surface area contributed by atoms with Gasteiger partial charge in [0, 0.05) is 19.8 Å². The largest absolute Gasteiger partial charge is 0.433 e. The van der Waals surface area contributed by atoms with Crippen molar-refractivity contribution >= 4 is 5.97 Å². The summed E-state index contributed by atoms with van der Waals surface area (Å²) in [4.78, 5) is 10.9. The molecule has 0 aromatic carbocycles. The molecule has 3 heteroatoms. The molecule has 0 spiro atoms. The van der Waals surface area contributed by atoms with Gasteiger partial charge in [0.25, 0.3) is 0 Å². The van der Waals surface area contributed by atoms with Crippen molar-refractivity contribution in [3.8, 4) is 0 Å². The Balaban J connectivity index is 1.97. The van der Waals surface area contributed by atoms with Gasteiger partial charge in [0.1, 0.15) is 0 Å². The van der Waals surface area contributed by atoms with Crippen LogP contribution in [-0.4, -0.2) is 16.9 Å². The molecular weight excluding hydrogens is 192 g/mol. The number of carbonyl (C=O) groups is 1. The maximum atomic E-state index is 10.9. The number of hydrogen-bond donors (Lipinski definition) is 1. The Morgan fingerprint density at radius 3 is 2.60 bits per heavy atom. The molecule has 0 aromatic rings. The standard InChI is InChI=1S/C12H20O3/c1-9(13)15-12(14)7-6-10-4-2-3-5-11(10)8-12/h10-11,14H,2-8H2,1H3/t10-,11-,12+/m1/s1. The van der Waals surface area contributed by atoms with E-state index in [0.717, 1.165) is 12.3 Å². The highest BCUT2D eigenvalue weighted by Gasteiger charge is 2.42. The second-order valence-electron chi connectivity index (χ2n) is 5.09. The second-order valence-corrected chi connectivity index (χ2v) is 5.09. The van der Waals surface area contributed by atoms with Gasteiger partial charge in [0.05, 0.1) is 0 Å². The van der Waals surface area contributed by atoms with E-state index in [-0.39, 0.29) is 5.97 Å². The van der Waals surface area contributed by atoms with E-state index >= 15 is 0 Å². The molecule has 0 heterocycles. The average Bonchev–Trinajstić information content (AvgIpc) is 2.15. The van der Waals surface area contributed by atoms with Gasteiger partial charge in [-0.2, -0.15) is 0 Å². The van der Waals surface area contributed by atoms with Gasteiger partial charge in [-0.05, 0) is 24.7 Å². The Morgan fingerprint density at radius 2 is 1.93 bits per heavy atom. The smallest absolute Gasteiger partial charge is 0.305 e. The van der Waals surface area contributed by atoms with Crippen LogP contribution in [0.4, 0.5) is 0 Å². The minimum Gasteiger partial charge on any atom is -0.433 e. The van der Waals surface area contributed by atoms with Gasteiger partial charge >= 0.3 is 5.97 Å². The lowest BCUT2D eigenvalue weighted by molar-refractivity contribution is -0.230. The van der Waals surface area contributed by atoms with Crippen LogP contribution in [0.25, 0.3) is 0 Å². The predicted octanol–water partition coefficient (Wildman–Crippen LogP) is 2.23. The predicted molar refractivity (Wildman–Crippen MR) is 56.0 cm³/mol. The first-order chi connectivity index (χ1) is 7.09. The zero-order chi connectivity index (χ0) is 10.9. The molecule has 15 heavy (non-hydrogen) atoms. The topological polar surface area (TPSA) is 46.5 Å². The third-order valence-corrected chi connectivity index (χ3v) is 3.89. The Labute approximate surface area is 90.8 Å². The van der Waals surface area contributed by atoms with Crippen LogP contribution in [0, 0.1) is 11.8 Å². The fraction of sp³-hybridized carbons (Fsp3) is 0.917. The van der Waals surface area contributed by atoms with Gasteiger partial charge in [-0.25, -0.2) is 0 Å². The molecule has 86 valence electrons. The summed E-state index contributed by atoms with van der Waals surface area (Å²) < 4.78 is 5.04. The fourth-order valence-electron chi connectivity index (χ4n) is 3.22. The maximum Gasteiger partial charge on any atom is 0.305 e. The van der Waals surface area contributed by atoms with E-state index in [9.17, 15) is 9.90 Å². The number of fused-ring (bicyclic) bond motifs is 1. The van der Waals surface area contributed by atoms with Crippen LogP contribution in [-0.2, 0) is 9.53 Å². The third-order valence-electron chi connectivity index (χ3n) is 3.89. The highest BCUT2D eigenvalue weighted by Crippen LogP contribution is 2.44. The number of aliphatic hydroxyl groups is 1. The van der Waals surface area contributed by atoms with Gasteiger partial charge in [0.2, 0.25) is 5.79 Å². The van der Waals surface area contributed by atoms with Crippen LogP contribution in [0.3, 0.4) is 0 Å². The lowest BCUT2D eigenvalue weighted by atomic mass is 9.69. The zero-order valence-corrected chi connectivity index (χ0v) is 9.37. The summed E-state index contributed by atoms with van der Waals surface area (Å²) in [6, 6.07) is 0. The van der Waals surface area contributed by atoms with Crippen molar-refractivity contribution in [3.05, 3.63) is 0 Å². The van der Waals surface area contributed by atoms with E-state index < -0.39 is 5.79 Å². The molecule has 2 rings (SSSR count). The van der Waals surface area contributed by atoms with Gasteiger partial charge in [-0.1, -0.05) is 19.3 Å². The van der Waals surface area contributed by atoms with Crippen molar-refractivity contribution in [2.24, 2.45) is 11.8 Å². The van der Waals surface area contributed by atoms with Gasteiger partial charge < -0.3 is 9.84 Å². The Bertz CT molecular complexity index is 251. The summed E-state index contributed by atoms with van der Waals surface area (Å²) in [7, 11) is 0. The highest BCUT2D eigenvalue weighted by atomic mass is 16.7. The van der Waals surface area contributed by atoms with E-state index in [1.54, 1.807) is 0 Å². The molecule has 2 fully saturated rings. The quantitative estimate of drug-likeness (QED) is 0.535. The average molecular weight is 212 g/mol. The molecule has 0 aromatic heterocycles. The first-order valence-electron chi connectivity index (χ1n) is 6.01. The van der Waals surface area contributed by atoms with Crippen molar-refractivity contribution in [3.63, 3.8) is 0 Å². The molecular formula is C12H20O3. The molecule has 1 N–H and O–H groups in total. The monoisotopic (exact) mass is 212 g/mol. The summed E-state index contributed by atoms with van der Waals surface area (Å²) in [6.07, 6.45) is 7.35. The van der Waals surface area contributed by atoms with Crippen LogP contribution in [0.15, 0.2) is 0 Å². The Kier molecular flexibility index (Phi) is 3.01. The van der Waals surface area contributed by atoms with E-state index in [1.807, 2.05) is 0 Å². The summed E-state index contributed by atoms with van der Waals surface area (Å²) >= 11 is 0. The lowest BCUT2D eigenvalue weighted by Gasteiger charge is -2.42. The van der Waals surface area contributed by atoms with Crippen LogP contribution < -0.4 is 0 Å². The molecule has 2 aliphatic carbocycles. The van der Waals surface area contributed by atoms with E-state index in [0.29, 0.717) is 18.8 Å². The van der Waals surface area contributed by atoms with Crippen LogP contribution in [0.1, 0.15) is 51.9 Å². The fourth-order valence-corrected chi connectivity index (χ4v) is 3.22. The third kappa shape index (κ3) is 2.51. The molecule has 2 aliphatic rings. The second kappa shape index (κ2) is 4.12. The summed E-state index contributed by atoms with van der Waals surface area (Å²) in [5.74, 6) is -0.206. The number of hydrogen-bond acceptors (Lipinski definition) is 3. The molecule has 0 bridgehead atoms. The number of ether oxygens (including phenoxy) is 1. The molecule has 3 nitrogen and oxygen atoms in total. The summed E-state index contributed by atoms with van der Waals surface area (Å²) in [6.45, 7) is 1.37. The van der Waals surface area contributed by atoms with Crippen molar-refractivity contribution in [1.29, 1.82) is 0 Å². The minimum atomic E-state index is -1.16. The van der Waals surface area contributed by atoms with Gasteiger partial charge in [0.15, 0.2) is 0 Å². The van der Waals surface area contributed by atoms with E-state index in [4.69, 9.17) is 4.74 Å².